The number of aliphatic hydroxyl groups excluding tert-OH is 1. The van der Waals surface area contributed by atoms with Gasteiger partial charge in [0, 0.05) is 12.4 Å². The monoisotopic (exact) mass is 123 g/mol. The van der Waals surface area contributed by atoms with Gasteiger partial charge in [-0.1, -0.05) is 13.2 Å². The van der Waals surface area contributed by atoms with Crippen molar-refractivity contribution in [2.75, 3.05) is 0 Å². The van der Waals surface area contributed by atoms with E-state index in [0.717, 1.165) is 0 Å². The molecule has 0 heterocycles. The van der Waals surface area contributed by atoms with Gasteiger partial charge >= 0.3 is 0 Å². The van der Waals surface area contributed by atoms with E-state index in [-0.39, 0.29) is 5.76 Å². The molecular weight excluding hydrogens is 114 g/mol. The topological polar surface area (TPSA) is 32.6 Å². The average Bonchev–Trinajstić information content (AvgIpc) is 1.89. The molecule has 0 saturated heterocycles. The summed E-state index contributed by atoms with van der Waals surface area (Å²) in [6.07, 6.45) is 5.57. The molecule has 0 aromatic carbocycles. The highest BCUT2D eigenvalue weighted by Gasteiger charge is 1.74. The normalized spacial score (nSPS) is 11.8. The number of hydrogen-bond donors (Lipinski definition) is 1. The fraction of sp³-hybridized carbons (Fsp3) is 0. The fourth-order valence-electron chi connectivity index (χ4n) is 0.248. The lowest BCUT2D eigenvalue weighted by Gasteiger charge is -1.81. The average molecular weight is 123 g/mol. The predicted molar refractivity (Wildman–Crippen MR) is 39.6 cm³/mol. The first-order valence-corrected chi connectivity index (χ1v) is 2.47. The van der Waals surface area contributed by atoms with Crippen molar-refractivity contribution in [1.82, 2.24) is 0 Å². The molecule has 0 aliphatic carbocycles. The summed E-state index contributed by atoms with van der Waals surface area (Å²) in [6.45, 7) is 6.68. The summed E-state index contributed by atoms with van der Waals surface area (Å²) in [7, 11) is 0. The molecule has 0 bridgehead atoms. The molecule has 0 aromatic rings. The molecule has 2 heteroatoms. The van der Waals surface area contributed by atoms with Gasteiger partial charge in [0.1, 0.15) is 5.76 Å². The Hall–Kier alpha value is -1.31. The molecule has 0 fully saturated rings. The molecule has 0 radical (unpaired) electrons. The zero-order valence-electron chi connectivity index (χ0n) is 5.12. The van der Waals surface area contributed by atoms with Gasteiger partial charge in [-0.05, 0) is 12.2 Å². The molecule has 0 unspecified atom stereocenters. The lowest BCUT2D eigenvalue weighted by atomic mass is 10.4. The molecule has 0 aliphatic rings. The van der Waals surface area contributed by atoms with E-state index in [1.165, 1.54) is 24.6 Å². The van der Waals surface area contributed by atoms with Gasteiger partial charge in [-0.15, -0.1) is 0 Å². The first-order valence-electron chi connectivity index (χ1n) is 2.47. The van der Waals surface area contributed by atoms with Gasteiger partial charge in [0.15, 0.2) is 0 Å². The molecule has 0 rings (SSSR count). The highest BCUT2D eigenvalue weighted by molar-refractivity contribution is 5.72. The Balaban J connectivity index is 3.81. The molecule has 48 valence electrons. The van der Waals surface area contributed by atoms with Crippen molar-refractivity contribution < 1.29 is 5.11 Å². The van der Waals surface area contributed by atoms with Crippen molar-refractivity contribution in [1.29, 1.82) is 0 Å². The molecule has 0 saturated carbocycles. The van der Waals surface area contributed by atoms with Gasteiger partial charge in [-0.3, -0.25) is 4.99 Å². The highest BCUT2D eigenvalue weighted by Crippen LogP contribution is 1.84. The van der Waals surface area contributed by atoms with Gasteiger partial charge in [0.2, 0.25) is 0 Å². The summed E-state index contributed by atoms with van der Waals surface area (Å²) in [4.78, 5) is 3.61. The van der Waals surface area contributed by atoms with E-state index < -0.39 is 0 Å². The van der Waals surface area contributed by atoms with Crippen LogP contribution in [-0.2, 0) is 0 Å². The first kappa shape index (κ1) is 7.69. The summed E-state index contributed by atoms with van der Waals surface area (Å²) in [5.41, 5.74) is 0. The molecule has 0 aliphatic heterocycles. The third-order valence-electron chi connectivity index (χ3n) is 0.646. The second-order valence-corrected chi connectivity index (χ2v) is 1.28. The molecule has 0 amide bonds. The van der Waals surface area contributed by atoms with E-state index in [9.17, 15) is 0 Å². The Bertz CT molecular complexity index is 156. The lowest BCUT2D eigenvalue weighted by Crippen LogP contribution is -1.71. The Morgan fingerprint density at radius 3 is 2.56 bits per heavy atom. The number of nitrogens with zero attached hydrogens (tertiary/aromatic N) is 1. The van der Waals surface area contributed by atoms with Crippen LogP contribution in [0.2, 0.25) is 0 Å². The van der Waals surface area contributed by atoms with Crippen LogP contribution < -0.4 is 0 Å². The minimum atomic E-state index is 0.0978. The summed E-state index contributed by atoms with van der Waals surface area (Å²) in [5.74, 6) is 0.0978. The van der Waals surface area contributed by atoms with Crippen LogP contribution in [-0.4, -0.2) is 11.3 Å². The second-order valence-electron chi connectivity index (χ2n) is 1.28. The minimum absolute atomic E-state index is 0.0978. The Morgan fingerprint density at radius 2 is 2.11 bits per heavy atom. The highest BCUT2D eigenvalue weighted by atomic mass is 16.3. The number of allylic oxidation sites excluding steroid dienone is 2. The third kappa shape index (κ3) is 4.55. The third-order valence-corrected chi connectivity index (χ3v) is 0.646. The van der Waals surface area contributed by atoms with Crippen molar-refractivity contribution in [3.8, 4) is 0 Å². The summed E-state index contributed by atoms with van der Waals surface area (Å²) < 4.78 is 0. The van der Waals surface area contributed by atoms with E-state index in [0.29, 0.717) is 0 Å². The Kier molecular flexibility index (Phi) is 4.14. The van der Waals surface area contributed by atoms with Crippen LogP contribution in [0.1, 0.15) is 0 Å². The standard InChI is InChI=1S/C7H9NO/c1-3-7(9)5-6-8-4-2/h3-6,9H,1-2H2/b7-5+,8-6-. The quantitative estimate of drug-likeness (QED) is 0.346. The van der Waals surface area contributed by atoms with Crippen LogP contribution in [0, 0.1) is 0 Å². The van der Waals surface area contributed by atoms with Gasteiger partial charge in [-0.25, -0.2) is 0 Å². The fourth-order valence-corrected chi connectivity index (χ4v) is 0.248. The number of aliphatic hydroxyl groups is 1. The van der Waals surface area contributed by atoms with E-state index in [1.807, 2.05) is 0 Å². The minimum Gasteiger partial charge on any atom is -0.508 e. The zero-order valence-corrected chi connectivity index (χ0v) is 5.12. The molecule has 0 spiro atoms. The van der Waals surface area contributed by atoms with Gasteiger partial charge in [-0.2, -0.15) is 0 Å². The van der Waals surface area contributed by atoms with Gasteiger partial charge < -0.3 is 5.11 Å². The van der Waals surface area contributed by atoms with Gasteiger partial charge in [0.25, 0.3) is 0 Å². The van der Waals surface area contributed by atoms with Crippen LogP contribution >= 0.6 is 0 Å². The number of rotatable bonds is 3. The predicted octanol–water partition coefficient (Wildman–Crippen LogP) is 1.83. The second kappa shape index (κ2) is 4.84. The molecule has 0 atom stereocenters. The van der Waals surface area contributed by atoms with Crippen molar-refractivity contribution in [3.05, 3.63) is 37.3 Å². The maximum atomic E-state index is 8.70. The van der Waals surface area contributed by atoms with Crippen LogP contribution in [0.5, 0.6) is 0 Å². The van der Waals surface area contributed by atoms with E-state index in [4.69, 9.17) is 5.11 Å². The molecule has 0 aromatic heterocycles. The van der Waals surface area contributed by atoms with Crippen LogP contribution in [0.3, 0.4) is 0 Å². The summed E-state index contributed by atoms with van der Waals surface area (Å²) in [6, 6.07) is 0. The Labute approximate surface area is 54.5 Å². The first-order chi connectivity index (χ1) is 4.31. The number of aliphatic imine (C=N–C) groups is 1. The maximum Gasteiger partial charge on any atom is 0.116 e. The van der Waals surface area contributed by atoms with E-state index >= 15 is 0 Å². The summed E-state index contributed by atoms with van der Waals surface area (Å²) >= 11 is 0. The smallest absolute Gasteiger partial charge is 0.116 e. The summed E-state index contributed by atoms with van der Waals surface area (Å²) in [5, 5.41) is 8.70. The molecular formula is C7H9NO. The van der Waals surface area contributed by atoms with Crippen molar-refractivity contribution in [2.24, 2.45) is 4.99 Å². The molecule has 1 N–H and O–H groups in total. The lowest BCUT2D eigenvalue weighted by molar-refractivity contribution is 0.434. The van der Waals surface area contributed by atoms with Crippen molar-refractivity contribution in [2.45, 2.75) is 0 Å². The van der Waals surface area contributed by atoms with E-state index in [1.54, 1.807) is 0 Å². The van der Waals surface area contributed by atoms with Crippen LogP contribution in [0.4, 0.5) is 0 Å². The van der Waals surface area contributed by atoms with Crippen LogP contribution in [0.15, 0.2) is 42.3 Å². The zero-order chi connectivity index (χ0) is 7.11. The van der Waals surface area contributed by atoms with E-state index in [2.05, 4.69) is 18.2 Å². The molecule has 9 heavy (non-hydrogen) atoms. The SMILES string of the molecule is C=C/N=C\C=C(\O)C=C. The van der Waals surface area contributed by atoms with Crippen molar-refractivity contribution >= 4 is 6.21 Å². The van der Waals surface area contributed by atoms with Crippen molar-refractivity contribution in [3.63, 3.8) is 0 Å². The largest absolute Gasteiger partial charge is 0.508 e. The molecule has 2 nitrogen and oxygen atoms in total. The van der Waals surface area contributed by atoms with Crippen LogP contribution in [0.25, 0.3) is 0 Å². The van der Waals surface area contributed by atoms with Gasteiger partial charge in [0.05, 0.1) is 0 Å². The number of hydrogen-bond acceptors (Lipinski definition) is 2. The maximum absolute atomic E-state index is 8.70. The Morgan fingerprint density at radius 1 is 1.44 bits per heavy atom.